The minimum atomic E-state index is -4.48. The smallest absolute Gasteiger partial charge is 0.254 e. The van der Waals surface area contributed by atoms with E-state index in [1.165, 1.54) is 16.9 Å². The van der Waals surface area contributed by atoms with Crippen LogP contribution in [0.3, 0.4) is 0 Å². The first kappa shape index (κ1) is 24.5. The third-order valence-corrected chi connectivity index (χ3v) is 7.40. The monoisotopic (exact) mass is 481 g/mol. The van der Waals surface area contributed by atoms with Crippen LogP contribution in [0.2, 0.25) is 0 Å². The van der Waals surface area contributed by atoms with E-state index in [1.54, 1.807) is 0 Å². The predicted molar refractivity (Wildman–Crippen MR) is 138 cm³/mol. The molecule has 0 aliphatic rings. The van der Waals surface area contributed by atoms with Crippen molar-refractivity contribution in [3.63, 3.8) is 0 Å². The van der Waals surface area contributed by atoms with Gasteiger partial charge in [-0.3, -0.25) is 4.98 Å². The third-order valence-electron chi connectivity index (χ3n) is 6.14. The summed E-state index contributed by atoms with van der Waals surface area (Å²) in [4.78, 5) is 5.25. The van der Waals surface area contributed by atoms with Crippen LogP contribution in [0, 0.1) is 13.8 Å². The Kier molecular flexibility index (Phi) is 6.14. The summed E-state index contributed by atoms with van der Waals surface area (Å²) in [5, 5.41) is 0.284. The first-order chi connectivity index (χ1) is 15.8. The van der Waals surface area contributed by atoms with Crippen molar-refractivity contribution in [3.05, 3.63) is 76.5 Å². The highest BCUT2D eigenvalue weighted by molar-refractivity contribution is 7.23. The van der Waals surface area contributed by atoms with Crippen molar-refractivity contribution < 1.29 is 13.2 Å². The van der Waals surface area contributed by atoms with Crippen LogP contribution in [-0.4, -0.2) is 4.98 Å². The van der Waals surface area contributed by atoms with Gasteiger partial charge in [-0.1, -0.05) is 76.1 Å². The number of hydrogen-bond acceptors (Lipinski definition) is 2. The number of rotatable bonds is 3. The lowest BCUT2D eigenvalue weighted by Crippen LogP contribution is -2.10. The number of nitrogens with zero attached hydrogens (tertiary/aromatic N) is 1. The zero-order valence-electron chi connectivity index (χ0n) is 20.7. The van der Waals surface area contributed by atoms with Gasteiger partial charge in [-0.25, -0.2) is 0 Å². The van der Waals surface area contributed by atoms with Gasteiger partial charge < -0.3 is 0 Å². The Morgan fingerprint density at radius 3 is 1.94 bits per heavy atom. The van der Waals surface area contributed by atoms with E-state index in [9.17, 15) is 13.2 Å². The summed E-state index contributed by atoms with van der Waals surface area (Å²) in [6, 6.07) is 14.3. The van der Waals surface area contributed by atoms with Crippen molar-refractivity contribution in [2.75, 3.05) is 0 Å². The van der Waals surface area contributed by atoms with Gasteiger partial charge in [0.1, 0.15) is 0 Å². The quantitative estimate of drug-likeness (QED) is 0.284. The molecule has 0 aliphatic carbocycles. The lowest BCUT2D eigenvalue weighted by atomic mass is 9.86. The normalized spacial score (nSPS) is 12.7. The number of thiophene rings is 1. The lowest BCUT2D eigenvalue weighted by Gasteiger charge is -2.19. The minimum Gasteiger partial charge on any atom is -0.254 e. The second kappa shape index (κ2) is 8.53. The molecular weight excluding hydrogens is 451 g/mol. The van der Waals surface area contributed by atoms with Crippen molar-refractivity contribution >= 4 is 21.4 Å². The SMILES string of the molecule is Cc1cc(C)cc(-c2ncc(C(F)(F)F)c3c(C(C)C)c(-c4ccc(C(C)(C)C)cc4)sc23)c1. The van der Waals surface area contributed by atoms with Crippen LogP contribution in [0.15, 0.2) is 48.7 Å². The highest BCUT2D eigenvalue weighted by atomic mass is 32.1. The number of halogens is 3. The second-order valence-corrected chi connectivity index (χ2v) is 11.4. The Bertz CT molecular complexity index is 1330. The molecule has 0 bridgehead atoms. The molecule has 0 unspecified atom stereocenters. The lowest BCUT2D eigenvalue weighted by molar-refractivity contribution is -0.136. The van der Waals surface area contributed by atoms with E-state index < -0.39 is 11.7 Å². The summed E-state index contributed by atoms with van der Waals surface area (Å²) in [6.07, 6.45) is -3.47. The molecule has 5 heteroatoms. The van der Waals surface area contributed by atoms with Gasteiger partial charge in [0.2, 0.25) is 0 Å². The molecule has 2 aromatic heterocycles. The molecule has 178 valence electrons. The van der Waals surface area contributed by atoms with Crippen LogP contribution in [0.4, 0.5) is 13.2 Å². The van der Waals surface area contributed by atoms with Crippen molar-refractivity contribution in [3.8, 4) is 21.7 Å². The summed E-state index contributed by atoms with van der Waals surface area (Å²) in [6.45, 7) is 14.4. The maximum Gasteiger partial charge on any atom is 0.418 e. The van der Waals surface area contributed by atoms with Crippen LogP contribution in [-0.2, 0) is 11.6 Å². The first-order valence-corrected chi connectivity index (χ1v) is 12.3. The van der Waals surface area contributed by atoms with Gasteiger partial charge in [-0.15, -0.1) is 11.3 Å². The van der Waals surface area contributed by atoms with Gasteiger partial charge in [0.25, 0.3) is 0 Å². The zero-order chi connectivity index (χ0) is 25.0. The number of benzene rings is 2. The van der Waals surface area contributed by atoms with E-state index in [0.29, 0.717) is 10.4 Å². The molecule has 0 fully saturated rings. The Morgan fingerprint density at radius 2 is 1.44 bits per heavy atom. The molecule has 0 saturated carbocycles. The molecule has 4 aromatic rings. The van der Waals surface area contributed by atoms with Gasteiger partial charge in [-0.2, -0.15) is 13.2 Å². The van der Waals surface area contributed by atoms with Gasteiger partial charge >= 0.3 is 6.18 Å². The molecule has 0 radical (unpaired) electrons. The third kappa shape index (κ3) is 4.50. The predicted octanol–water partition coefficient (Wildman–Crippen LogP) is 9.69. The fourth-order valence-corrected chi connectivity index (χ4v) is 6.04. The van der Waals surface area contributed by atoms with Crippen LogP contribution < -0.4 is 0 Å². The number of hydrogen-bond donors (Lipinski definition) is 0. The molecule has 0 spiro atoms. The molecule has 4 rings (SSSR count). The summed E-state index contributed by atoms with van der Waals surface area (Å²) in [5.41, 5.74) is 5.79. The molecule has 0 atom stereocenters. The zero-order valence-corrected chi connectivity index (χ0v) is 21.5. The second-order valence-electron chi connectivity index (χ2n) is 10.4. The Hall–Kier alpha value is -2.66. The average molecular weight is 482 g/mol. The van der Waals surface area contributed by atoms with E-state index in [1.807, 2.05) is 52.0 Å². The van der Waals surface area contributed by atoms with E-state index in [-0.39, 0.29) is 16.7 Å². The topological polar surface area (TPSA) is 12.9 Å². The fourth-order valence-electron chi connectivity index (χ4n) is 4.55. The van der Waals surface area contributed by atoms with Crippen LogP contribution in [0.1, 0.15) is 68.4 Å². The number of alkyl halides is 3. The summed E-state index contributed by atoms with van der Waals surface area (Å²) in [7, 11) is 0. The maximum atomic E-state index is 14.2. The van der Waals surface area contributed by atoms with Gasteiger partial charge in [0.15, 0.2) is 0 Å². The highest BCUT2D eigenvalue weighted by Gasteiger charge is 2.36. The van der Waals surface area contributed by atoms with Crippen LogP contribution in [0.25, 0.3) is 31.8 Å². The van der Waals surface area contributed by atoms with Crippen molar-refractivity contribution in [1.82, 2.24) is 4.98 Å². The summed E-state index contributed by atoms with van der Waals surface area (Å²) >= 11 is 1.42. The van der Waals surface area contributed by atoms with E-state index in [2.05, 4.69) is 44.0 Å². The molecule has 2 heterocycles. The Balaban J connectivity index is 2.07. The van der Waals surface area contributed by atoms with Crippen LogP contribution >= 0.6 is 11.3 Å². The van der Waals surface area contributed by atoms with Gasteiger partial charge in [0, 0.05) is 22.0 Å². The van der Waals surface area contributed by atoms with E-state index >= 15 is 0 Å². The summed E-state index contributed by atoms with van der Waals surface area (Å²) in [5.74, 6) is -0.0818. The summed E-state index contributed by atoms with van der Waals surface area (Å²) < 4.78 is 43.1. The Morgan fingerprint density at radius 1 is 0.853 bits per heavy atom. The number of fused-ring (bicyclic) bond motifs is 1. The molecule has 34 heavy (non-hydrogen) atoms. The number of aryl methyl sites for hydroxylation is 2. The standard InChI is InChI=1S/C29H30F3NS/c1-16(2)23-24-22(29(30,31)32)15-33-25(20-13-17(3)12-18(4)14-20)27(24)34-26(23)19-8-10-21(11-9-19)28(5,6)7/h8-16H,1-7H3. The van der Waals surface area contributed by atoms with E-state index in [4.69, 9.17) is 0 Å². The maximum absolute atomic E-state index is 14.2. The minimum absolute atomic E-state index is 0.00312. The van der Waals surface area contributed by atoms with Crippen molar-refractivity contribution in [1.29, 1.82) is 0 Å². The van der Waals surface area contributed by atoms with E-state index in [0.717, 1.165) is 38.9 Å². The van der Waals surface area contributed by atoms with Gasteiger partial charge in [-0.05, 0) is 54.0 Å². The Labute approximate surface area is 203 Å². The molecule has 0 N–H and O–H groups in total. The molecule has 1 nitrogen and oxygen atoms in total. The number of aromatic nitrogens is 1. The molecular formula is C29H30F3NS. The van der Waals surface area contributed by atoms with Crippen molar-refractivity contribution in [2.45, 2.75) is 66.0 Å². The largest absolute Gasteiger partial charge is 0.418 e. The average Bonchev–Trinajstić information content (AvgIpc) is 3.11. The molecule has 0 saturated heterocycles. The van der Waals surface area contributed by atoms with Crippen molar-refractivity contribution in [2.24, 2.45) is 0 Å². The first-order valence-electron chi connectivity index (χ1n) is 11.5. The molecule has 2 aromatic carbocycles. The fraction of sp³-hybridized carbons (Fsp3) is 0.345. The highest BCUT2D eigenvalue weighted by Crippen LogP contribution is 2.49. The van der Waals surface area contributed by atoms with Gasteiger partial charge in [0.05, 0.1) is 16.0 Å². The van der Waals surface area contributed by atoms with Crippen LogP contribution in [0.5, 0.6) is 0 Å². The number of pyridine rings is 1. The molecule has 0 amide bonds. The molecule has 0 aliphatic heterocycles.